The van der Waals surface area contributed by atoms with Crippen molar-refractivity contribution in [2.45, 2.75) is 13.3 Å². The highest BCUT2D eigenvalue weighted by Gasteiger charge is 2.09. The van der Waals surface area contributed by atoms with Crippen molar-refractivity contribution in [3.63, 3.8) is 0 Å². The van der Waals surface area contributed by atoms with Crippen molar-refractivity contribution in [3.05, 3.63) is 47.1 Å². The van der Waals surface area contributed by atoms with Crippen LogP contribution < -0.4 is 0 Å². The van der Waals surface area contributed by atoms with Crippen LogP contribution >= 0.6 is 11.6 Å². The number of rotatable bonds is 2. The molecule has 0 saturated carbocycles. The van der Waals surface area contributed by atoms with Crippen LogP contribution in [0, 0.1) is 0 Å². The summed E-state index contributed by atoms with van der Waals surface area (Å²) in [7, 11) is 0. The molecule has 2 heterocycles. The lowest BCUT2D eigenvalue weighted by Crippen LogP contribution is -1.95. The van der Waals surface area contributed by atoms with Crippen LogP contribution in [0.4, 0.5) is 0 Å². The molecule has 2 aromatic heterocycles. The highest BCUT2D eigenvalue weighted by Crippen LogP contribution is 2.19. The third-order valence-corrected chi connectivity index (χ3v) is 3.05. The molecule has 0 amide bonds. The van der Waals surface area contributed by atoms with Gasteiger partial charge in [-0.05, 0) is 24.1 Å². The van der Waals surface area contributed by atoms with Crippen molar-refractivity contribution >= 4 is 17.2 Å². The molecule has 0 saturated heterocycles. The first-order valence-electron chi connectivity index (χ1n) is 5.75. The Labute approximate surface area is 109 Å². The number of aryl methyl sites for hydroxylation is 1. The van der Waals surface area contributed by atoms with E-state index in [1.54, 1.807) is 16.6 Å². The van der Waals surface area contributed by atoms with Crippen molar-refractivity contribution in [1.82, 2.24) is 19.8 Å². The predicted molar refractivity (Wildman–Crippen MR) is 70.6 cm³/mol. The summed E-state index contributed by atoms with van der Waals surface area (Å²) in [5.74, 6) is 0.704. The molecular formula is C13H11ClN4. The monoisotopic (exact) mass is 258 g/mol. The third-order valence-electron chi connectivity index (χ3n) is 2.85. The minimum Gasteiger partial charge on any atom is -0.191 e. The average Bonchev–Trinajstić information content (AvgIpc) is 2.82. The lowest BCUT2D eigenvalue weighted by Gasteiger charge is -2.01. The number of aromatic nitrogens is 4. The number of fused-ring (bicyclic) bond motifs is 1. The van der Waals surface area contributed by atoms with E-state index in [1.807, 2.05) is 12.1 Å². The second-order valence-electron chi connectivity index (χ2n) is 4.00. The molecule has 0 atom stereocenters. The fourth-order valence-electron chi connectivity index (χ4n) is 1.84. The molecule has 0 spiro atoms. The number of hydrogen-bond acceptors (Lipinski definition) is 3. The number of nitrogens with zero attached hydrogens (tertiary/aromatic N) is 4. The van der Waals surface area contributed by atoms with Crippen molar-refractivity contribution in [2.24, 2.45) is 0 Å². The Kier molecular flexibility index (Phi) is 2.72. The molecule has 18 heavy (non-hydrogen) atoms. The Morgan fingerprint density at radius 3 is 2.56 bits per heavy atom. The van der Waals surface area contributed by atoms with Gasteiger partial charge in [-0.3, -0.25) is 0 Å². The van der Waals surface area contributed by atoms with Gasteiger partial charge in [0.15, 0.2) is 11.5 Å². The van der Waals surface area contributed by atoms with Crippen LogP contribution in [0.25, 0.3) is 17.0 Å². The lowest BCUT2D eigenvalue weighted by molar-refractivity contribution is 0.936. The Hall–Kier alpha value is -1.94. The van der Waals surface area contributed by atoms with Crippen molar-refractivity contribution < 1.29 is 0 Å². The van der Waals surface area contributed by atoms with Gasteiger partial charge >= 0.3 is 0 Å². The van der Waals surface area contributed by atoms with Gasteiger partial charge in [0.2, 0.25) is 0 Å². The molecule has 5 heteroatoms. The topological polar surface area (TPSA) is 43.1 Å². The summed E-state index contributed by atoms with van der Waals surface area (Å²) < 4.78 is 1.66. The molecule has 3 rings (SSSR count). The molecule has 0 aliphatic carbocycles. The van der Waals surface area contributed by atoms with E-state index in [-0.39, 0.29) is 0 Å². The molecule has 0 N–H and O–H groups in total. The van der Waals surface area contributed by atoms with E-state index < -0.39 is 0 Å². The Balaban J connectivity index is 2.15. The average molecular weight is 259 g/mol. The van der Waals surface area contributed by atoms with E-state index in [9.17, 15) is 0 Å². The second-order valence-corrected chi connectivity index (χ2v) is 4.39. The van der Waals surface area contributed by atoms with E-state index in [4.69, 9.17) is 11.6 Å². The lowest BCUT2D eigenvalue weighted by atomic mass is 10.1. The molecule has 90 valence electrons. The van der Waals surface area contributed by atoms with Gasteiger partial charge in [0.25, 0.3) is 0 Å². The molecule has 0 unspecified atom stereocenters. The van der Waals surface area contributed by atoms with Gasteiger partial charge in [0, 0.05) is 5.56 Å². The largest absolute Gasteiger partial charge is 0.191 e. The maximum absolute atomic E-state index is 5.90. The van der Waals surface area contributed by atoms with Gasteiger partial charge in [-0.2, -0.15) is 9.61 Å². The number of benzene rings is 1. The van der Waals surface area contributed by atoms with E-state index >= 15 is 0 Å². The first-order chi connectivity index (χ1) is 8.78. The van der Waals surface area contributed by atoms with Gasteiger partial charge < -0.3 is 0 Å². The molecule has 1 aromatic carbocycles. The summed E-state index contributed by atoms with van der Waals surface area (Å²) in [6, 6.07) is 11.7. The van der Waals surface area contributed by atoms with E-state index in [2.05, 4.69) is 34.4 Å². The summed E-state index contributed by atoms with van der Waals surface area (Å²) in [6.45, 7) is 2.13. The van der Waals surface area contributed by atoms with Crippen molar-refractivity contribution in [3.8, 4) is 11.4 Å². The number of hydrogen-bond donors (Lipinski definition) is 0. The van der Waals surface area contributed by atoms with E-state index in [0.29, 0.717) is 16.6 Å². The SMILES string of the molecule is CCc1ccc(-c2nnc3ccc(Cl)nn23)cc1. The summed E-state index contributed by atoms with van der Waals surface area (Å²) in [5.41, 5.74) is 2.96. The standard InChI is InChI=1S/C13H11ClN4/c1-2-9-3-5-10(6-4-9)13-16-15-12-8-7-11(14)17-18(12)13/h3-8H,2H2,1H3. The first kappa shape index (κ1) is 11.2. The summed E-state index contributed by atoms with van der Waals surface area (Å²) in [6.07, 6.45) is 1.02. The maximum Gasteiger partial charge on any atom is 0.185 e. The van der Waals surface area contributed by atoms with E-state index in [0.717, 1.165) is 12.0 Å². The molecule has 0 bridgehead atoms. The Morgan fingerprint density at radius 1 is 1.06 bits per heavy atom. The summed E-state index contributed by atoms with van der Waals surface area (Å²) >= 11 is 5.90. The zero-order valence-electron chi connectivity index (χ0n) is 9.84. The molecule has 0 radical (unpaired) electrons. The predicted octanol–water partition coefficient (Wildman–Crippen LogP) is 3.01. The third kappa shape index (κ3) is 1.84. The number of halogens is 1. The molecule has 0 fully saturated rings. The molecule has 0 aliphatic heterocycles. The van der Waals surface area contributed by atoms with Crippen LogP contribution in [0.1, 0.15) is 12.5 Å². The van der Waals surface area contributed by atoms with Crippen LogP contribution in [-0.2, 0) is 6.42 Å². The maximum atomic E-state index is 5.90. The molecule has 3 aromatic rings. The summed E-state index contributed by atoms with van der Waals surface area (Å²) in [4.78, 5) is 0. The van der Waals surface area contributed by atoms with Crippen LogP contribution in [0.2, 0.25) is 5.15 Å². The quantitative estimate of drug-likeness (QED) is 0.710. The van der Waals surface area contributed by atoms with Crippen LogP contribution in [-0.4, -0.2) is 19.8 Å². The smallest absolute Gasteiger partial charge is 0.185 e. The van der Waals surface area contributed by atoms with E-state index in [1.165, 1.54) is 5.56 Å². The fourth-order valence-corrected chi connectivity index (χ4v) is 1.97. The van der Waals surface area contributed by atoms with Gasteiger partial charge in [0.05, 0.1) is 0 Å². The highest BCUT2D eigenvalue weighted by atomic mass is 35.5. The second kappa shape index (κ2) is 4.38. The Bertz CT molecular complexity index is 688. The van der Waals surface area contributed by atoms with Gasteiger partial charge in [0.1, 0.15) is 5.15 Å². The van der Waals surface area contributed by atoms with Crippen molar-refractivity contribution in [1.29, 1.82) is 0 Å². The van der Waals surface area contributed by atoms with Crippen LogP contribution in [0.5, 0.6) is 0 Å². The zero-order valence-corrected chi connectivity index (χ0v) is 10.6. The highest BCUT2D eigenvalue weighted by molar-refractivity contribution is 6.29. The molecule has 0 aliphatic rings. The Morgan fingerprint density at radius 2 is 1.83 bits per heavy atom. The first-order valence-corrected chi connectivity index (χ1v) is 6.13. The fraction of sp³-hybridized carbons (Fsp3) is 0.154. The molecule has 4 nitrogen and oxygen atoms in total. The zero-order chi connectivity index (χ0) is 12.5. The van der Waals surface area contributed by atoms with Gasteiger partial charge in [-0.15, -0.1) is 10.2 Å². The molecular weight excluding hydrogens is 248 g/mol. The normalized spacial score (nSPS) is 11.0. The minimum atomic E-state index is 0.425. The minimum absolute atomic E-state index is 0.425. The van der Waals surface area contributed by atoms with Gasteiger partial charge in [-0.25, -0.2) is 0 Å². The summed E-state index contributed by atoms with van der Waals surface area (Å²) in [5, 5.41) is 12.9. The van der Waals surface area contributed by atoms with Gasteiger partial charge in [-0.1, -0.05) is 42.8 Å². The van der Waals surface area contributed by atoms with Crippen molar-refractivity contribution in [2.75, 3.05) is 0 Å². The van der Waals surface area contributed by atoms with Crippen LogP contribution in [0.15, 0.2) is 36.4 Å². The van der Waals surface area contributed by atoms with Crippen LogP contribution in [0.3, 0.4) is 0 Å².